The van der Waals surface area contributed by atoms with Crippen LogP contribution in [0.15, 0.2) is 24.5 Å². The highest BCUT2D eigenvalue weighted by atomic mass is 35.5. The number of nitrogens with one attached hydrogen (secondary N) is 2. The summed E-state index contributed by atoms with van der Waals surface area (Å²) in [5, 5.41) is 11.8. The standard InChI is InChI=1S/C23H25ClN8O2/c1-30-5-3-16-9-19(29-32(16)13-20(30)33)28-18-8-15-12-31(6-2-14(15)10-26-18)17-11-27-23-22(21(17)24)25-4-7-34-23/h8-11,25H,2-7,12-13H2,1H3,(H,26,28,29). The predicted molar refractivity (Wildman–Crippen MR) is 129 cm³/mol. The summed E-state index contributed by atoms with van der Waals surface area (Å²) < 4.78 is 7.38. The van der Waals surface area contributed by atoms with Gasteiger partial charge in [-0.05, 0) is 23.6 Å². The molecule has 1 amide bonds. The highest BCUT2D eigenvalue weighted by Gasteiger charge is 2.25. The summed E-state index contributed by atoms with van der Waals surface area (Å²) in [6.45, 7) is 3.79. The van der Waals surface area contributed by atoms with Gasteiger partial charge in [-0.25, -0.2) is 9.97 Å². The maximum absolute atomic E-state index is 12.2. The van der Waals surface area contributed by atoms with Gasteiger partial charge in [0, 0.05) is 57.6 Å². The van der Waals surface area contributed by atoms with Crippen molar-refractivity contribution in [1.29, 1.82) is 0 Å². The number of nitrogens with zero attached hydrogens (tertiary/aromatic N) is 6. The van der Waals surface area contributed by atoms with Crippen LogP contribution in [0.4, 0.5) is 23.0 Å². The number of likely N-dealkylation sites (N-methyl/N-ethyl adjacent to an activating group) is 1. The molecule has 0 saturated heterocycles. The molecule has 0 aliphatic carbocycles. The van der Waals surface area contributed by atoms with Crippen LogP contribution in [0.1, 0.15) is 16.8 Å². The highest BCUT2D eigenvalue weighted by molar-refractivity contribution is 6.36. The van der Waals surface area contributed by atoms with Crippen LogP contribution in [0.5, 0.6) is 5.88 Å². The van der Waals surface area contributed by atoms with E-state index in [1.165, 1.54) is 11.1 Å². The number of amides is 1. The van der Waals surface area contributed by atoms with E-state index in [0.29, 0.717) is 43.0 Å². The smallest absolute Gasteiger partial charge is 0.244 e. The largest absolute Gasteiger partial charge is 0.474 e. The lowest BCUT2D eigenvalue weighted by Crippen LogP contribution is -2.31. The Hall–Kier alpha value is -3.53. The second-order valence-corrected chi connectivity index (χ2v) is 9.17. The van der Waals surface area contributed by atoms with Crippen LogP contribution in [0, 0.1) is 0 Å². The number of pyridine rings is 2. The number of hydrogen-bond donors (Lipinski definition) is 2. The second kappa shape index (κ2) is 8.35. The predicted octanol–water partition coefficient (Wildman–Crippen LogP) is 2.45. The third-order valence-electron chi connectivity index (χ3n) is 6.57. The van der Waals surface area contributed by atoms with Gasteiger partial charge in [-0.2, -0.15) is 5.10 Å². The number of anilines is 4. The van der Waals surface area contributed by atoms with E-state index in [9.17, 15) is 4.79 Å². The summed E-state index contributed by atoms with van der Waals surface area (Å²) in [5.74, 6) is 2.04. The number of aromatic nitrogens is 4. The fraction of sp³-hybridized carbons (Fsp3) is 0.391. The Bertz CT molecular complexity index is 1280. The van der Waals surface area contributed by atoms with Crippen molar-refractivity contribution in [2.45, 2.75) is 25.9 Å². The lowest BCUT2D eigenvalue weighted by Gasteiger charge is -2.32. The molecular weight excluding hydrogens is 456 g/mol. The Morgan fingerprint density at radius 3 is 2.91 bits per heavy atom. The van der Waals surface area contributed by atoms with Crippen LogP contribution < -0.4 is 20.3 Å². The van der Waals surface area contributed by atoms with Crippen LogP contribution >= 0.6 is 11.6 Å². The number of halogens is 1. The maximum Gasteiger partial charge on any atom is 0.244 e. The molecule has 0 bridgehead atoms. The molecule has 3 aromatic rings. The quantitative estimate of drug-likeness (QED) is 0.589. The molecular formula is C23H25ClN8O2. The van der Waals surface area contributed by atoms with Gasteiger partial charge in [-0.1, -0.05) is 11.6 Å². The van der Waals surface area contributed by atoms with Crippen LogP contribution in [0.25, 0.3) is 0 Å². The third-order valence-corrected chi connectivity index (χ3v) is 6.96. The van der Waals surface area contributed by atoms with E-state index in [0.717, 1.165) is 42.3 Å². The molecule has 176 valence electrons. The molecule has 11 heteroatoms. The van der Waals surface area contributed by atoms with Crippen molar-refractivity contribution in [2.75, 3.05) is 48.8 Å². The Balaban J connectivity index is 1.22. The minimum atomic E-state index is 0.0671. The number of rotatable bonds is 3. The molecule has 0 aromatic carbocycles. The van der Waals surface area contributed by atoms with E-state index in [1.807, 2.05) is 19.3 Å². The van der Waals surface area contributed by atoms with Crippen LogP contribution in [-0.2, 0) is 30.7 Å². The Kier molecular flexibility index (Phi) is 5.17. The van der Waals surface area contributed by atoms with Crippen molar-refractivity contribution >= 4 is 40.5 Å². The molecule has 10 nitrogen and oxygen atoms in total. The summed E-state index contributed by atoms with van der Waals surface area (Å²) in [6, 6.07) is 4.06. The van der Waals surface area contributed by atoms with Crippen LogP contribution in [0.3, 0.4) is 0 Å². The molecule has 3 aliphatic heterocycles. The van der Waals surface area contributed by atoms with Gasteiger partial charge < -0.3 is 25.2 Å². The fourth-order valence-corrected chi connectivity index (χ4v) is 4.94. The fourth-order valence-electron chi connectivity index (χ4n) is 4.62. The monoisotopic (exact) mass is 480 g/mol. The van der Waals surface area contributed by atoms with Gasteiger partial charge in [0.2, 0.25) is 11.8 Å². The average Bonchev–Trinajstić information content (AvgIpc) is 3.17. The first kappa shape index (κ1) is 21.0. The Morgan fingerprint density at radius 2 is 2.00 bits per heavy atom. The van der Waals surface area contributed by atoms with Crippen molar-refractivity contribution in [2.24, 2.45) is 0 Å². The first-order chi connectivity index (χ1) is 16.5. The van der Waals surface area contributed by atoms with Gasteiger partial charge in [-0.3, -0.25) is 9.48 Å². The Labute approximate surface area is 201 Å². The zero-order valence-corrected chi connectivity index (χ0v) is 19.6. The highest BCUT2D eigenvalue weighted by Crippen LogP contribution is 2.40. The molecule has 3 aromatic heterocycles. The van der Waals surface area contributed by atoms with Gasteiger partial charge in [0.15, 0.2) is 5.82 Å². The zero-order chi connectivity index (χ0) is 23.2. The number of carbonyl (C=O) groups is 1. The molecule has 0 radical (unpaired) electrons. The normalized spacial score (nSPS) is 17.2. The molecule has 2 N–H and O–H groups in total. The summed E-state index contributed by atoms with van der Waals surface area (Å²) in [6.07, 6.45) is 5.36. The van der Waals surface area contributed by atoms with Crippen LogP contribution in [0.2, 0.25) is 5.02 Å². The number of fused-ring (bicyclic) bond motifs is 3. The molecule has 0 atom stereocenters. The molecule has 6 heterocycles. The molecule has 34 heavy (non-hydrogen) atoms. The van der Waals surface area contributed by atoms with E-state index in [4.69, 9.17) is 16.3 Å². The summed E-state index contributed by atoms with van der Waals surface area (Å²) in [4.78, 5) is 25.2. The van der Waals surface area contributed by atoms with Crippen molar-refractivity contribution < 1.29 is 9.53 Å². The van der Waals surface area contributed by atoms with E-state index >= 15 is 0 Å². The van der Waals surface area contributed by atoms with Crippen molar-refractivity contribution in [3.8, 4) is 5.88 Å². The third kappa shape index (κ3) is 3.77. The topological polar surface area (TPSA) is 100 Å². The molecule has 0 fully saturated rings. The van der Waals surface area contributed by atoms with Gasteiger partial charge in [0.25, 0.3) is 0 Å². The molecule has 0 saturated carbocycles. The van der Waals surface area contributed by atoms with Gasteiger partial charge in [0.05, 0.1) is 16.9 Å². The van der Waals surface area contributed by atoms with Crippen molar-refractivity contribution in [3.05, 3.63) is 46.4 Å². The molecule has 6 rings (SSSR count). The van der Waals surface area contributed by atoms with Crippen LogP contribution in [-0.4, -0.2) is 63.8 Å². The minimum absolute atomic E-state index is 0.0671. The van der Waals surface area contributed by atoms with Gasteiger partial charge in [-0.15, -0.1) is 0 Å². The van der Waals surface area contributed by atoms with Gasteiger partial charge in [0.1, 0.15) is 24.7 Å². The summed E-state index contributed by atoms with van der Waals surface area (Å²) in [7, 11) is 1.83. The number of ether oxygens (including phenoxy) is 1. The SMILES string of the molecule is CN1CCc2cc(Nc3cc4c(cn3)CCN(c3cnc5c(c3Cl)NCCO5)C4)nn2CC1=O. The molecule has 3 aliphatic rings. The molecule has 0 unspecified atom stereocenters. The van der Waals surface area contributed by atoms with E-state index < -0.39 is 0 Å². The summed E-state index contributed by atoms with van der Waals surface area (Å²) in [5.41, 5.74) is 5.09. The first-order valence-electron chi connectivity index (χ1n) is 11.4. The number of carbonyl (C=O) groups excluding carboxylic acids is 1. The maximum atomic E-state index is 12.2. The summed E-state index contributed by atoms with van der Waals surface area (Å²) >= 11 is 6.72. The zero-order valence-electron chi connectivity index (χ0n) is 18.8. The van der Waals surface area contributed by atoms with Gasteiger partial charge >= 0.3 is 0 Å². The lowest BCUT2D eigenvalue weighted by molar-refractivity contribution is -0.130. The minimum Gasteiger partial charge on any atom is -0.474 e. The van der Waals surface area contributed by atoms with E-state index in [2.05, 4.69) is 36.7 Å². The Morgan fingerprint density at radius 1 is 1.09 bits per heavy atom. The number of hydrogen-bond acceptors (Lipinski definition) is 8. The van der Waals surface area contributed by atoms with Crippen molar-refractivity contribution in [1.82, 2.24) is 24.6 Å². The van der Waals surface area contributed by atoms with E-state index in [1.54, 1.807) is 15.8 Å². The first-order valence-corrected chi connectivity index (χ1v) is 11.8. The molecule has 0 spiro atoms. The van der Waals surface area contributed by atoms with Crippen molar-refractivity contribution in [3.63, 3.8) is 0 Å². The average molecular weight is 481 g/mol. The van der Waals surface area contributed by atoms with E-state index in [-0.39, 0.29) is 12.5 Å². The lowest BCUT2D eigenvalue weighted by atomic mass is 10.0. The second-order valence-electron chi connectivity index (χ2n) is 8.79.